The van der Waals surface area contributed by atoms with Crippen molar-refractivity contribution in [3.8, 4) is 5.75 Å². The molecule has 2 nitrogen and oxygen atoms in total. The highest BCUT2D eigenvalue weighted by atomic mass is 79.9. The van der Waals surface area contributed by atoms with Gasteiger partial charge in [0.05, 0.1) is 11.1 Å². The van der Waals surface area contributed by atoms with Crippen LogP contribution in [0.5, 0.6) is 5.75 Å². The normalized spacial score (nSPS) is 10.1. The van der Waals surface area contributed by atoms with Crippen LogP contribution in [-0.2, 0) is 6.61 Å². The lowest BCUT2D eigenvalue weighted by Crippen LogP contribution is -1.88. The van der Waals surface area contributed by atoms with E-state index in [1.165, 1.54) is 0 Å². The Morgan fingerprint density at radius 3 is 2.64 bits per heavy atom. The van der Waals surface area contributed by atoms with Crippen molar-refractivity contribution in [2.24, 2.45) is 0 Å². The third kappa shape index (κ3) is 1.54. The average Bonchev–Trinajstić information content (AvgIpc) is 2.01. The molecule has 60 valence electrons. The second-order valence-corrected chi connectivity index (χ2v) is 3.13. The first-order valence-electron chi connectivity index (χ1n) is 3.24. The van der Waals surface area contributed by atoms with E-state index in [2.05, 4.69) is 15.9 Å². The molecule has 1 aromatic carbocycles. The summed E-state index contributed by atoms with van der Waals surface area (Å²) in [6.45, 7) is 1.85. The quantitative estimate of drug-likeness (QED) is 0.754. The van der Waals surface area contributed by atoms with Crippen molar-refractivity contribution >= 4 is 15.9 Å². The Morgan fingerprint density at radius 1 is 1.45 bits per heavy atom. The van der Waals surface area contributed by atoms with Crippen molar-refractivity contribution in [2.75, 3.05) is 0 Å². The number of rotatable bonds is 1. The van der Waals surface area contributed by atoms with Crippen LogP contribution in [0, 0.1) is 6.92 Å². The number of aliphatic hydroxyl groups is 1. The molecule has 1 rings (SSSR count). The zero-order valence-electron chi connectivity index (χ0n) is 6.13. The van der Waals surface area contributed by atoms with Gasteiger partial charge >= 0.3 is 0 Å². The minimum Gasteiger partial charge on any atom is -0.507 e. The molecule has 0 saturated carbocycles. The summed E-state index contributed by atoms with van der Waals surface area (Å²) in [5.74, 6) is 0.208. The Labute approximate surface area is 73.6 Å². The van der Waals surface area contributed by atoms with E-state index in [1.54, 1.807) is 12.1 Å². The van der Waals surface area contributed by atoms with E-state index in [-0.39, 0.29) is 12.4 Å². The molecule has 0 heterocycles. The molecule has 0 aliphatic heterocycles. The fraction of sp³-hybridized carbons (Fsp3) is 0.250. The Hall–Kier alpha value is -0.540. The maximum absolute atomic E-state index is 9.19. The maximum atomic E-state index is 9.19. The molecule has 2 N–H and O–H groups in total. The molecule has 0 aliphatic carbocycles. The third-order valence-electron chi connectivity index (χ3n) is 1.65. The third-order valence-corrected chi connectivity index (χ3v) is 2.65. The van der Waals surface area contributed by atoms with Gasteiger partial charge in [0.15, 0.2) is 0 Å². The number of hydrogen-bond donors (Lipinski definition) is 2. The average molecular weight is 217 g/mol. The Morgan fingerprint density at radius 2 is 2.09 bits per heavy atom. The topological polar surface area (TPSA) is 40.5 Å². The summed E-state index contributed by atoms with van der Waals surface area (Å²) >= 11 is 3.21. The van der Waals surface area contributed by atoms with Gasteiger partial charge < -0.3 is 10.2 Å². The maximum Gasteiger partial charge on any atom is 0.130 e. The van der Waals surface area contributed by atoms with Crippen molar-refractivity contribution in [1.29, 1.82) is 0 Å². The highest BCUT2D eigenvalue weighted by Crippen LogP contribution is 2.29. The number of aromatic hydroxyl groups is 1. The molecule has 0 fully saturated rings. The van der Waals surface area contributed by atoms with Crippen LogP contribution in [-0.4, -0.2) is 10.2 Å². The van der Waals surface area contributed by atoms with Crippen LogP contribution in [0.4, 0.5) is 0 Å². The van der Waals surface area contributed by atoms with Crippen LogP contribution in [0.3, 0.4) is 0 Å². The van der Waals surface area contributed by atoms with E-state index in [9.17, 15) is 5.11 Å². The summed E-state index contributed by atoms with van der Waals surface area (Å²) in [7, 11) is 0. The predicted octanol–water partition coefficient (Wildman–Crippen LogP) is 1.96. The first kappa shape index (κ1) is 8.56. The van der Waals surface area contributed by atoms with Crippen LogP contribution in [0.2, 0.25) is 0 Å². The molecular weight excluding hydrogens is 208 g/mol. The van der Waals surface area contributed by atoms with Gasteiger partial charge in [0.1, 0.15) is 5.75 Å². The first-order chi connectivity index (χ1) is 5.16. The van der Waals surface area contributed by atoms with Gasteiger partial charge in [0, 0.05) is 0 Å². The summed E-state index contributed by atoms with van der Waals surface area (Å²) in [5.41, 5.74) is 1.71. The molecule has 0 bridgehead atoms. The largest absolute Gasteiger partial charge is 0.507 e. The zero-order chi connectivity index (χ0) is 8.43. The first-order valence-corrected chi connectivity index (χ1v) is 4.04. The fourth-order valence-electron chi connectivity index (χ4n) is 0.882. The van der Waals surface area contributed by atoms with Gasteiger partial charge in [-0.25, -0.2) is 0 Å². The van der Waals surface area contributed by atoms with Gasteiger partial charge in [-0.1, -0.05) is 6.07 Å². The van der Waals surface area contributed by atoms with E-state index < -0.39 is 0 Å². The van der Waals surface area contributed by atoms with Crippen molar-refractivity contribution in [2.45, 2.75) is 13.5 Å². The Bertz CT molecular complexity index is 271. The van der Waals surface area contributed by atoms with Crippen LogP contribution < -0.4 is 0 Å². The van der Waals surface area contributed by atoms with Gasteiger partial charge in [-0.3, -0.25) is 0 Å². The van der Waals surface area contributed by atoms with Crippen LogP contribution in [0.1, 0.15) is 11.1 Å². The van der Waals surface area contributed by atoms with Crippen LogP contribution >= 0.6 is 15.9 Å². The second-order valence-electron chi connectivity index (χ2n) is 2.34. The minimum absolute atomic E-state index is 0.00468. The molecule has 0 aromatic heterocycles. The summed E-state index contributed by atoms with van der Waals surface area (Å²) in [4.78, 5) is 0. The minimum atomic E-state index is 0.00468. The smallest absolute Gasteiger partial charge is 0.130 e. The highest BCUT2D eigenvalue weighted by Gasteiger charge is 2.04. The van der Waals surface area contributed by atoms with Crippen molar-refractivity contribution in [3.63, 3.8) is 0 Å². The molecule has 11 heavy (non-hydrogen) atoms. The van der Waals surface area contributed by atoms with Gasteiger partial charge in [0.2, 0.25) is 0 Å². The van der Waals surface area contributed by atoms with E-state index in [4.69, 9.17) is 5.11 Å². The molecule has 0 amide bonds. The molecule has 1 aromatic rings. The van der Waals surface area contributed by atoms with Crippen LogP contribution in [0.25, 0.3) is 0 Å². The predicted molar refractivity (Wildman–Crippen MR) is 46.5 cm³/mol. The van der Waals surface area contributed by atoms with Crippen molar-refractivity contribution in [1.82, 2.24) is 0 Å². The van der Waals surface area contributed by atoms with Gasteiger partial charge in [-0.15, -0.1) is 0 Å². The number of aliphatic hydroxyl groups excluding tert-OH is 1. The van der Waals surface area contributed by atoms with E-state index in [1.807, 2.05) is 6.92 Å². The van der Waals surface area contributed by atoms with E-state index >= 15 is 0 Å². The molecule has 0 unspecified atom stereocenters. The summed E-state index contributed by atoms with van der Waals surface area (Å²) in [6, 6.07) is 3.26. The molecule has 0 spiro atoms. The van der Waals surface area contributed by atoms with Crippen molar-refractivity contribution in [3.05, 3.63) is 27.7 Å². The van der Waals surface area contributed by atoms with Crippen LogP contribution in [0.15, 0.2) is 16.6 Å². The summed E-state index contributed by atoms with van der Waals surface area (Å²) in [5, 5.41) is 18.0. The lowest BCUT2D eigenvalue weighted by Gasteiger charge is -2.05. The second kappa shape index (κ2) is 3.24. The molecular formula is C8H9BrO2. The van der Waals surface area contributed by atoms with Gasteiger partial charge in [-0.2, -0.15) is 0 Å². The Balaban J connectivity index is 3.25. The lowest BCUT2D eigenvalue weighted by molar-refractivity contribution is 0.281. The monoisotopic (exact) mass is 216 g/mol. The Kier molecular flexibility index (Phi) is 2.52. The number of halogens is 1. The SMILES string of the molecule is Cc1c(CO)ccc(O)c1Br. The van der Waals surface area contributed by atoms with E-state index in [0.29, 0.717) is 4.47 Å². The summed E-state index contributed by atoms with van der Waals surface area (Å²) < 4.78 is 0.657. The molecule has 0 saturated heterocycles. The molecule has 0 radical (unpaired) electrons. The van der Waals surface area contributed by atoms with Gasteiger partial charge in [-0.05, 0) is 40.0 Å². The zero-order valence-corrected chi connectivity index (χ0v) is 7.72. The number of phenols is 1. The standard InChI is InChI=1S/C8H9BrO2/c1-5-6(4-10)2-3-7(11)8(5)9/h2-3,10-11H,4H2,1H3. The van der Waals surface area contributed by atoms with Crippen molar-refractivity contribution < 1.29 is 10.2 Å². The summed E-state index contributed by atoms with van der Waals surface area (Å²) in [6.07, 6.45) is 0. The number of benzene rings is 1. The van der Waals surface area contributed by atoms with Gasteiger partial charge in [0.25, 0.3) is 0 Å². The lowest BCUT2D eigenvalue weighted by atomic mass is 10.1. The number of hydrogen-bond acceptors (Lipinski definition) is 2. The molecule has 3 heteroatoms. The number of phenolic OH excluding ortho intramolecular Hbond substituents is 1. The van der Waals surface area contributed by atoms with E-state index in [0.717, 1.165) is 11.1 Å². The molecule has 0 atom stereocenters. The molecule has 0 aliphatic rings. The fourth-order valence-corrected chi connectivity index (χ4v) is 1.27. The highest BCUT2D eigenvalue weighted by molar-refractivity contribution is 9.10.